The van der Waals surface area contributed by atoms with Gasteiger partial charge in [-0.3, -0.25) is 0 Å². The zero-order valence-electron chi connectivity index (χ0n) is 2.43. The number of hydrogen-bond acceptors (Lipinski definition) is 0. The van der Waals surface area contributed by atoms with Crippen molar-refractivity contribution in [3.63, 3.8) is 0 Å². The van der Waals surface area contributed by atoms with Crippen LogP contribution in [0.5, 0.6) is 0 Å². The zero-order valence-corrected chi connectivity index (χ0v) is 7.09. The molecule has 0 saturated heterocycles. The summed E-state index contributed by atoms with van der Waals surface area (Å²) in [5.41, 5.74) is 0. The van der Waals surface area contributed by atoms with Gasteiger partial charge in [0.2, 0.25) is 0 Å². The molecule has 0 aliphatic heterocycles. The molecule has 0 atom stereocenters. The molecular formula is H2Fe2OS3. The summed E-state index contributed by atoms with van der Waals surface area (Å²) in [6.07, 6.45) is 0. The molecule has 0 aromatic carbocycles. The molecule has 0 amide bonds. The first kappa shape index (κ1) is 95.3. The van der Waals surface area contributed by atoms with Crippen molar-refractivity contribution in [2.45, 2.75) is 0 Å². The van der Waals surface area contributed by atoms with E-state index in [1.54, 1.807) is 0 Å². The Hall–Kier alpha value is 2.05. The first-order chi connectivity index (χ1) is 0. The quantitative estimate of drug-likeness (QED) is 0.482. The van der Waals surface area contributed by atoms with E-state index in [0.29, 0.717) is 0 Å². The van der Waals surface area contributed by atoms with Crippen LogP contribution in [0.3, 0.4) is 0 Å². The average molecular weight is 226 g/mol. The second-order valence-electron chi connectivity index (χ2n) is 0. The van der Waals surface area contributed by atoms with Gasteiger partial charge in [0.15, 0.2) is 0 Å². The van der Waals surface area contributed by atoms with Gasteiger partial charge in [-0.1, -0.05) is 0 Å². The summed E-state index contributed by atoms with van der Waals surface area (Å²) in [4.78, 5) is 0. The summed E-state index contributed by atoms with van der Waals surface area (Å²) >= 11 is 0. The second-order valence-corrected chi connectivity index (χ2v) is 0. The largest absolute Gasteiger partial charge is 3.00 e. The van der Waals surface area contributed by atoms with Gasteiger partial charge >= 0.3 is 34.1 Å². The van der Waals surface area contributed by atoms with Gasteiger partial charge in [-0.05, 0) is 0 Å². The summed E-state index contributed by atoms with van der Waals surface area (Å²) in [6.45, 7) is 0. The summed E-state index contributed by atoms with van der Waals surface area (Å²) in [7, 11) is 0. The third-order valence-corrected chi connectivity index (χ3v) is 0. The number of rotatable bonds is 0. The van der Waals surface area contributed by atoms with Crippen LogP contribution in [-0.4, -0.2) is 5.48 Å². The molecule has 0 rings (SSSR count). The van der Waals surface area contributed by atoms with E-state index in [0.717, 1.165) is 0 Å². The number of hydrogen-bond donors (Lipinski definition) is 0. The maximum absolute atomic E-state index is 0. The molecule has 0 aromatic heterocycles. The molecule has 0 heterocycles. The van der Waals surface area contributed by atoms with Crippen molar-refractivity contribution in [3.8, 4) is 0 Å². The minimum Gasteiger partial charge on any atom is -2.00 e. The molecular weight excluding hydrogens is 224 g/mol. The Bertz CT molecular complexity index is 8.75. The van der Waals surface area contributed by atoms with Crippen molar-refractivity contribution in [2.75, 3.05) is 0 Å². The van der Waals surface area contributed by atoms with Gasteiger partial charge in [-0.2, -0.15) is 0 Å². The molecule has 6 heavy (non-hydrogen) atoms. The molecule has 0 aromatic rings. The fourth-order valence-corrected chi connectivity index (χ4v) is 0. The third kappa shape index (κ3) is 36.7. The molecule has 2 N–H and O–H groups in total. The molecule has 42 valence electrons. The molecule has 2 radical (unpaired) electrons. The maximum atomic E-state index is 0. The summed E-state index contributed by atoms with van der Waals surface area (Å²) in [5.74, 6) is 0. The molecule has 1 nitrogen and oxygen atoms in total. The first-order valence-electron chi connectivity index (χ1n) is 0. The molecule has 0 spiro atoms. The van der Waals surface area contributed by atoms with Gasteiger partial charge in [0.05, 0.1) is 0 Å². The Kier molecular flexibility index (Phi) is 975. The Morgan fingerprint density at radius 1 is 0.500 bits per heavy atom. The molecule has 0 bridgehead atoms. The Morgan fingerprint density at radius 3 is 0.500 bits per heavy atom. The van der Waals surface area contributed by atoms with Crippen molar-refractivity contribution in [3.05, 3.63) is 0 Å². The van der Waals surface area contributed by atoms with Gasteiger partial charge in [0.25, 0.3) is 0 Å². The van der Waals surface area contributed by atoms with Crippen LogP contribution in [0.4, 0.5) is 0 Å². The molecule has 0 saturated carbocycles. The smallest absolute Gasteiger partial charge is 2.00 e. The molecule has 6 heteroatoms. The van der Waals surface area contributed by atoms with Crippen LogP contribution < -0.4 is 0 Å². The first-order valence-corrected chi connectivity index (χ1v) is 0. The van der Waals surface area contributed by atoms with Crippen LogP contribution in [-0.2, 0) is 74.6 Å². The van der Waals surface area contributed by atoms with Crippen molar-refractivity contribution >= 4 is 40.5 Å². The summed E-state index contributed by atoms with van der Waals surface area (Å²) < 4.78 is 0. The van der Waals surface area contributed by atoms with Crippen molar-refractivity contribution in [1.82, 2.24) is 0 Å². The Labute approximate surface area is 79.6 Å². The fraction of sp³-hybridized carbons (Fsp3) is 0. The van der Waals surface area contributed by atoms with E-state index in [2.05, 4.69) is 0 Å². The van der Waals surface area contributed by atoms with Gasteiger partial charge in [0.1, 0.15) is 0 Å². The van der Waals surface area contributed by atoms with Crippen molar-refractivity contribution in [1.29, 1.82) is 0 Å². The van der Waals surface area contributed by atoms with Crippen molar-refractivity contribution in [2.24, 2.45) is 0 Å². The SMILES string of the molecule is O.[Fe+3].[Fe+3].[S-2].[S-2].[S-2]. The minimum absolute atomic E-state index is 0. The van der Waals surface area contributed by atoms with Crippen LogP contribution in [0, 0.1) is 0 Å². The second kappa shape index (κ2) is 61.4. The van der Waals surface area contributed by atoms with E-state index < -0.39 is 0 Å². The Balaban J connectivity index is 0. The van der Waals surface area contributed by atoms with Gasteiger partial charge in [-0.15, -0.1) is 0 Å². The standard InChI is InChI=1S/2Fe.H2O.3S/h;;1H2;;;/q2*+3;;3*-2. The molecule has 0 aliphatic carbocycles. The van der Waals surface area contributed by atoms with Crippen LogP contribution in [0.15, 0.2) is 0 Å². The van der Waals surface area contributed by atoms with E-state index in [9.17, 15) is 0 Å². The van der Waals surface area contributed by atoms with Crippen LogP contribution >= 0.6 is 0 Å². The van der Waals surface area contributed by atoms with Crippen LogP contribution in [0.1, 0.15) is 0 Å². The van der Waals surface area contributed by atoms with E-state index in [1.165, 1.54) is 0 Å². The topological polar surface area (TPSA) is 31.5 Å². The zero-order chi connectivity index (χ0) is 0. The predicted molar refractivity (Wildman–Crippen MR) is 25.7 cm³/mol. The van der Waals surface area contributed by atoms with Gasteiger partial charge < -0.3 is 46.0 Å². The van der Waals surface area contributed by atoms with E-state index >= 15 is 0 Å². The molecule has 0 aliphatic rings. The molecule has 0 unspecified atom stereocenters. The van der Waals surface area contributed by atoms with Crippen molar-refractivity contribution < 1.29 is 39.6 Å². The molecule has 0 fully saturated rings. The maximum Gasteiger partial charge on any atom is 3.00 e. The predicted octanol–water partition coefficient (Wildman–Crippen LogP) is -0.837. The van der Waals surface area contributed by atoms with E-state index in [1.807, 2.05) is 0 Å². The van der Waals surface area contributed by atoms with E-state index in [-0.39, 0.29) is 80.1 Å². The third-order valence-electron chi connectivity index (χ3n) is 0. The average Bonchev–Trinajstić information content (AvgIpc) is 0. The minimum atomic E-state index is 0. The summed E-state index contributed by atoms with van der Waals surface area (Å²) in [5, 5.41) is 0. The summed E-state index contributed by atoms with van der Waals surface area (Å²) in [6, 6.07) is 0. The van der Waals surface area contributed by atoms with Gasteiger partial charge in [-0.25, -0.2) is 0 Å². The van der Waals surface area contributed by atoms with Gasteiger partial charge in [0, 0.05) is 0 Å². The fourth-order valence-electron chi connectivity index (χ4n) is 0. The normalized spacial score (nSPS) is 0. The van der Waals surface area contributed by atoms with Crippen LogP contribution in [0.2, 0.25) is 0 Å². The van der Waals surface area contributed by atoms with E-state index in [4.69, 9.17) is 0 Å². The van der Waals surface area contributed by atoms with Crippen LogP contribution in [0.25, 0.3) is 0 Å². The monoisotopic (exact) mass is 226 g/mol. The Morgan fingerprint density at radius 2 is 0.500 bits per heavy atom.